The van der Waals surface area contributed by atoms with Gasteiger partial charge in [0.15, 0.2) is 0 Å². The number of nitrogens with one attached hydrogen (secondary N) is 1. The van der Waals surface area contributed by atoms with E-state index in [0.29, 0.717) is 0 Å². The number of imidazole rings is 1. The van der Waals surface area contributed by atoms with Crippen molar-refractivity contribution >= 4 is 5.95 Å². The lowest BCUT2D eigenvalue weighted by molar-refractivity contribution is 0.398. The van der Waals surface area contributed by atoms with Gasteiger partial charge in [0, 0.05) is 31.2 Å². The van der Waals surface area contributed by atoms with Crippen molar-refractivity contribution < 1.29 is 0 Å². The molecule has 4 nitrogen and oxygen atoms in total. The van der Waals surface area contributed by atoms with Crippen LogP contribution in [0.3, 0.4) is 0 Å². The molecule has 1 aliphatic heterocycles. The van der Waals surface area contributed by atoms with Crippen LogP contribution >= 0.6 is 0 Å². The summed E-state index contributed by atoms with van der Waals surface area (Å²) < 4.78 is 2.18. The van der Waals surface area contributed by atoms with Crippen LogP contribution in [-0.4, -0.2) is 36.2 Å². The van der Waals surface area contributed by atoms with Gasteiger partial charge in [0.25, 0.3) is 0 Å². The molecule has 4 heteroatoms. The first kappa shape index (κ1) is 13.2. The maximum absolute atomic E-state index is 4.58. The lowest BCUT2D eigenvalue weighted by Gasteiger charge is -2.33. The second-order valence-electron chi connectivity index (χ2n) is 5.44. The molecule has 0 bridgehead atoms. The van der Waals surface area contributed by atoms with Crippen molar-refractivity contribution in [1.29, 1.82) is 0 Å². The predicted octanol–water partition coefficient (Wildman–Crippen LogP) is 2.31. The molecule has 1 unspecified atom stereocenters. The first-order chi connectivity index (χ1) is 9.88. The second-order valence-corrected chi connectivity index (χ2v) is 5.44. The van der Waals surface area contributed by atoms with E-state index < -0.39 is 0 Å². The van der Waals surface area contributed by atoms with Crippen molar-refractivity contribution in [2.45, 2.75) is 12.8 Å². The fourth-order valence-electron chi connectivity index (χ4n) is 3.02. The highest BCUT2D eigenvalue weighted by molar-refractivity contribution is 5.43. The number of benzene rings is 1. The highest BCUT2D eigenvalue weighted by atomic mass is 15.3. The largest absolute Gasteiger partial charge is 0.342 e. The zero-order valence-electron chi connectivity index (χ0n) is 12.0. The van der Waals surface area contributed by atoms with Crippen LogP contribution < -0.4 is 10.2 Å². The molecule has 1 saturated heterocycles. The Bertz CT molecular complexity index is 532. The van der Waals surface area contributed by atoms with Gasteiger partial charge in [0.2, 0.25) is 5.95 Å². The maximum atomic E-state index is 4.58. The van der Waals surface area contributed by atoms with Crippen molar-refractivity contribution in [3.8, 4) is 5.69 Å². The van der Waals surface area contributed by atoms with Crippen LogP contribution in [0.5, 0.6) is 0 Å². The summed E-state index contributed by atoms with van der Waals surface area (Å²) in [6, 6.07) is 10.4. The molecular weight excluding hydrogens is 248 g/mol. The molecule has 106 valence electrons. The Hall–Kier alpha value is -1.81. The molecule has 1 aliphatic rings. The highest BCUT2D eigenvalue weighted by Gasteiger charge is 2.22. The van der Waals surface area contributed by atoms with Gasteiger partial charge < -0.3 is 10.2 Å². The second kappa shape index (κ2) is 6.09. The van der Waals surface area contributed by atoms with Gasteiger partial charge in [-0.15, -0.1) is 0 Å². The summed E-state index contributed by atoms with van der Waals surface area (Å²) in [6.07, 6.45) is 6.49. The van der Waals surface area contributed by atoms with Gasteiger partial charge in [-0.25, -0.2) is 4.98 Å². The lowest BCUT2D eigenvalue weighted by Crippen LogP contribution is -2.40. The average Bonchev–Trinajstić information content (AvgIpc) is 2.98. The van der Waals surface area contributed by atoms with Crippen LogP contribution in [0, 0.1) is 5.92 Å². The number of rotatable bonds is 4. The minimum absolute atomic E-state index is 0.717. The molecule has 2 aromatic rings. The number of hydrogen-bond donors (Lipinski definition) is 1. The van der Waals surface area contributed by atoms with Crippen LogP contribution in [0.1, 0.15) is 12.8 Å². The molecule has 0 saturated carbocycles. The summed E-state index contributed by atoms with van der Waals surface area (Å²) >= 11 is 0. The Morgan fingerprint density at radius 3 is 2.95 bits per heavy atom. The van der Waals surface area contributed by atoms with Gasteiger partial charge >= 0.3 is 0 Å². The molecular formula is C16H22N4. The van der Waals surface area contributed by atoms with Crippen molar-refractivity contribution in [2.24, 2.45) is 5.92 Å². The molecule has 1 aromatic carbocycles. The van der Waals surface area contributed by atoms with Gasteiger partial charge in [-0.05, 0) is 44.5 Å². The van der Waals surface area contributed by atoms with Crippen LogP contribution in [0.2, 0.25) is 0 Å². The highest BCUT2D eigenvalue weighted by Crippen LogP contribution is 2.24. The summed E-state index contributed by atoms with van der Waals surface area (Å²) in [5.74, 6) is 1.78. The zero-order valence-corrected chi connectivity index (χ0v) is 12.0. The number of piperidine rings is 1. The quantitative estimate of drug-likeness (QED) is 0.925. The fourth-order valence-corrected chi connectivity index (χ4v) is 3.02. The standard InChI is InChI=1S/C16H22N4/c1-17-12-14-6-5-10-19(13-14)16-18-9-11-20(16)15-7-3-2-4-8-15/h2-4,7-9,11,14,17H,5-6,10,12-13H2,1H3. The van der Waals surface area contributed by atoms with Crippen LogP contribution in [-0.2, 0) is 0 Å². The Morgan fingerprint density at radius 2 is 2.15 bits per heavy atom. The predicted molar refractivity (Wildman–Crippen MR) is 82.4 cm³/mol. The summed E-state index contributed by atoms with van der Waals surface area (Å²) in [5, 5.41) is 3.30. The SMILES string of the molecule is CNCC1CCCN(c2nccn2-c2ccccc2)C1. The van der Waals surface area contributed by atoms with E-state index >= 15 is 0 Å². The minimum Gasteiger partial charge on any atom is -0.342 e. The van der Waals surface area contributed by atoms with Gasteiger partial charge in [-0.1, -0.05) is 18.2 Å². The van der Waals surface area contributed by atoms with Gasteiger partial charge in [-0.2, -0.15) is 0 Å². The van der Waals surface area contributed by atoms with Crippen molar-refractivity contribution in [2.75, 3.05) is 31.6 Å². The summed E-state index contributed by atoms with van der Waals surface area (Å²) in [5.41, 5.74) is 1.18. The first-order valence-corrected chi connectivity index (χ1v) is 7.37. The van der Waals surface area contributed by atoms with E-state index in [1.807, 2.05) is 25.5 Å². The third-order valence-corrected chi connectivity index (χ3v) is 3.95. The monoisotopic (exact) mass is 270 g/mol. The van der Waals surface area contributed by atoms with E-state index in [1.165, 1.54) is 18.5 Å². The molecule has 0 amide bonds. The van der Waals surface area contributed by atoms with Crippen molar-refractivity contribution in [3.63, 3.8) is 0 Å². The van der Waals surface area contributed by atoms with Crippen LogP contribution in [0.25, 0.3) is 5.69 Å². The molecule has 2 heterocycles. The fraction of sp³-hybridized carbons (Fsp3) is 0.438. The number of nitrogens with zero attached hydrogens (tertiary/aromatic N) is 3. The van der Waals surface area contributed by atoms with E-state index in [-0.39, 0.29) is 0 Å². The molecule has 1 N–H and O–H groups in total. The summed E-state index contributed by atoms with van der Waals surface area (Å²) in [7, 11) is 2.03. The molecule has 3 rings (SSSR count). The average molecular weight is 270 g/mol. The Kier molecular flexibility index (Phi) is 4.02. The molecule has 1 aromatic heterocycles. The van der Waals surface area contributed by atoms with Gasteiger partial charge in [0.1, 0.15) is 0 Å². The Balaban J connectivity index is 1.82. The van der Waals surface area contributed by atoms with Gasteiger partial charge in [-0.3, -0.25) is 4.57 Å². The molecule has 0 aliphatic carbocycles. The van der Waals surface area contributed by atoms with Crippen molar-refractivity contribution in [3.05, 3.63) is 42.7 Å². The molecule has 20 heavy (non-hydrogen) atoms. The summed E-state index contributed by atoms with van der Waals surface area (Å²) in [4.78, 5) is 6.99. The van der Waals surface area contributed by atoms with E-state index in [0.717, 1.165) is 31.5 Å². The number of aromatic nitrogens is 2. The van der Waals surface area contributed by atoms with Crippen LogP contribution in [0.4, 0.5) is 5.95 Å². The maximum Gasteiger partial charge on any atom is 0.210 e. The number of para-hydroxylation sites is 1. The Morgan fingerprint density at radius 1 is 1.30 bits per heavy atom. The van der Waals surface area contributed by atoms with E-state index in [2.05, 4.69) is 44.0 Å². The number of anilines is 1. The minimum atomic E-state index is 0.717. The number of hydrogen-bond acceptors (Lipinski definition) is 3. The van der Waals surface area contributed by atoms with Crippen LogP contribution in [0.15, 0.2) is 42.7 Å². The molecule has 1 fully saturated rings. The van der Waals surface area contributed by atoms with Crippen molar-refractivity contribution in [1.82, 2.24) is 14.9 Å². The van der Waals surface area contributed by atoms with Gasteiger partial charge in [0.05, 0.1) is 0 Å². The van der Waals surface area contributed by atoms with E-state index in [1.54, 1.807) is 0 Å². The smallest absolute Gasteiger partial charge is 0.210 e. The third kappa shape index (κ3) is 2.70. The topological polar surface area (TPSA) is 33.1 Å². The summed E-state index contributed by atoms with van der Waals surface area (Å²) in [6.45, 7) is 3.28. The third-order valence-electron chi connectivity index (χ3n) is 3.95. The lowest BCUT2D eigenvalue weighted by atomic mass is 9.98. The Labute approximate surface area is 120 Å². The molecule has 0 radical (unpaired) electrons. The molecule has 1 atom stereocenters. The first-order valence-electron chi connectivity index (χ1n) is 7.37. The van der Waals surface area contributed by atoms with E-state index in [4.69, 9.17) is 0 Å². The van der Waals surface area contributed by atoms with E-state index in [9.17, 15) is 0 Å². The zero-order chi connectivity index (χ0) is 13.8. The normalized spacial score (nSPS) is 19.2. The molecule has 0 spiro atoms.